The van der Waals surface area contributed by atoms with E-state index in [0.29, 0.717) is 17.4 Å². The molecular formula is C15H18N2O3S. The number of sulfonamides is 1. The highest BCUT2D eigenvalue weighted by Crippen LogP contribution is 2.41. The first-order valence-electron chi connectivity index (χ1n) is 6.96. The highest BCUT2D eigenvalue weighted by molar-refractivity contribution is 7.89. The summed E-state index contributed by atoms with van der Waals surface area (Å²) in [7, 11) is -3.59. The van der Waals surface area contributed by atoms with Gasteiger partial charge < -0.3 is 4.42 Å². The van der Waals surface area contributed by atoms with Gasteiger partial charge in [-0.05, 0) is 50.3 Å². The van der Waals surface area contributed by atoms with Gasteiger partial charge in [0.25, 0.3) is 0 Å². The lowest BCUT2D eigenvalue weighted by molar-refractivity contribution is 0.492. The van der Waals surface area contributed by atoms with Crippen LogP contribution in [0.15, 0.2) is 39.9 Å². The van der Waals surface area contributed by atoms with Gasteiger partial charge in [0.15, 0.2) is 0 Å². The number of furan rings is 1. The fourth-order valence-corrected chi connectivity index (χ4v) is 4.06. The Bertz CT molecular complexity index is 734. The second kappa shape index (κ2) is 5.27. The largest absolute Gasteiger partial charge is 0.465 e. The quantitative estimate of drug-likeness (QED) is 0.922. The van der Waals surface area contributed by atoms with Crippen LogP contribution in [0.2, 0.25) is 0 Å². The van der Waals surface area contributed by atoms with Crippen molar-refractivity contribution < 1.29 is 12.8 Å². The van der Waals surface area contributed by atoms with Crippen LogP contribution in [0.5, 0.6) is 0 Å². The first-order chi connectivity index (χ1) is 9.97. The molecule has 0 aliphatic heterocycles. The van der Waals surface area contributed by atoms with E-state index in [2.05, 4.69) is 9.71 Å². The van der Waals surface area contributed by atoms with Crippen LogP contribution in [0.25, 0.3) is 0 Å². The van der Waals surface area contributed by atoms with Crippen LogP contribution in [-0.4, -0.2) is 13.4 Å². The third-order valence-corrected chi connectivity index (χ3v) is 5.25. The fourth-order valence-electron chi connectivity index (χ4n) is 2.53. The molecule has 2 aromatic heterocycles. The third-order valence-electron chi connectivity index (χ3n) is 3.70. The van der Waals surface area contributed by atoms with Crippen LogP contribution in [0, 0.1) is 19.8 Å². The summed E-state index contributed by atoms with van der Waals surface area (Å²) in [6, 6.07) is 5.07. The Morgan fingerprint density at radius 3 is 2.67 bits per heavy atom. The number of hydrogen-bond donors (Lipinski definition) is 1. The molecule has 2 heterocycles. The van der Waals surface area contributed by atoms with Gasteiger partial charge in [-0.15, -0.1) is 0 Å². The van der Waals surface area contributed by atoms with E-state index in [9.17, 15) is 8.42 Å². The van der Waals surface area contributed by atoms with Crippen molar-refractivity contribution in [3.8, 4) is 0 Å². The fraction of sp³-hybridized carbons (Fsp3) is 0.400. The Labute approximate surface area is 124 Å². The van der Waals surface area contributed by atoms with Crippen LogP contribution in [0.3, 0.4) is 0 Å². The van der Waals surface area contributed by atoms with Gasteiger partial charge in [-0.2, -0.15) is 0 Å². The van der Waals surface area contributed by atoms with Crippen molar-refractivity contribution in [2.24, 2.45) is 5.92 Å². The summed E-state index contributed by atoms with van der Waals surface area (Å²) >= 11 is 0. The maximum Gasteiger partial charge on any atom is 0.244 e. The van der Waals surface area contributed by atoms with Crippen molar-refractivity contribution in [2.75, 3.05) is 0 Å². The molecule has 112 valence electrons. The smallest absolute Gasteiger partial charge is 0.244 e. The molecule has 1 fully saturated rings. The van der Waals surface area contributed by atoms with E-state index in [1.165, 1.54) is 0 Å². The van der Waals surface area contributed by atoms with Gasteiger partial charge in [0.05, 0.1) is 6.04 Å². The van der Waals surface area contributed by atoms with E-state index in [0.717, 1.165) is 18.4 Å². The van der Waals surface area contributed by atoms with Gasteiger partial charge in [0.1, 0.15) is 16.4 Å². The van der Waals surface area contributed by atoms with Crippen LogP contribution < -0.4 is 4.72 Å². The predicted octanol–water partition coefficient (Wildman–Crippen LogP) is 2.72. The monoisotopic (exact) mass is 306 g/mol. The van der Waals surface area contributed by atoms with E-state index >= 15 is 0 Å². The summed E-state index contributed by atoms with van der Waals surface area (Å²) < 4.78 is 33.3. The zero-order chi connectivity index (χ0) is 15.0. The van der Waals surface area contributed by atoms with Crippen molar-refractivity contribution in [3.05, 3.63) is 47.7 Å². The molecule has 0 saturated heterocycles. The SMILES string of the molecule is Cc1cc(S(=O)(=O)N[C@H](c2cccnc2)C2CC2)c(C)o1. The molecule has 0 bridgehead atoms. The normalized spacial score (nSPS) is 16.9. The summed E-state index contributed by atoms with van der Waals surface area (Å²) in [4.78, 5) is 4.30. The van der Waals surface area contributed by atoms with Crippen molar-refractivity contribution in [1.29, 1.82) is 0 Å². The predicted molar refractivity (Wildman–Crippen MR) is 78.2 cm³/mol. The highest BCUT2D eigenvalue weighted by atomic mass is 32.2. The van der Waals surface area contributed by atoms with Crippen LogP contribution in [-0.2, 0) is 10.0 Å². The lowest BCUT2D eigenvalue weighted by atomic mass is 10.1. The van der Waals surface area contributed by atoms with Gasteiger partial charge in [-0.3, -0.25) is 4.98 Å². The molecule has 1 aliphatic rings. The molecule has 1 saturated carbocycles. The highest BCUT2D eigenvalue weighted by Gasteiger charge is 2.36. The molecule has 6 heteroatoms. The maximum atomic E-state index is 12.6. The van der Waals surface area contributed by atoms with Crippen LogP contribution in [0.1, 0.15) is 36.0 Å². The molecule has 0 amide bonds. The number of hydrogen-bond acceptors (Lipinski definition) is 4. The Morgan fingerprint density at radius 1 is 1.38 bits per heavy atom. The molecule has 1 N–H and O–H groups in total. The average molecular weight is 306 g/mol. The maximum absolute atomic E-state index is 12.6. The number of nitrogens with zero attached hydrogens (tertiary/aromatic N) is 1. The zero-order valence-corrected chi connectivity index (χ0v) is 12.9. The number of pyridine rings is 1. The van der Waals surface area contributed by atoms with Crippen LogP contribution in [0.4, 0.5) is 0 Å². The Kier molecular flexibility index (Phi) is 3.59. The summed E-state index contributed by atoms with van der Waals surface area (Å²) in [6.45, 7) is 3.41. The number of aromatic nitrogens is 1. The van der Waals surface area contributed by atoms with E-state index in [-0.39, 0.29) is 10.9 Å². The Hall–Kier alpha value is -1.66. The van der Waals surface area contributed by atoms with Gasteiger partial charge in [0, 0.05) is 12.4 Å². The van der Waals surface area contributed by atoms with Crippen molar-refractivity contribution in [3.63, 3.8) is 0 Å². The van der Waals surface area contributed by atoms with E-state index in [4.69, 9.17) is 4.42 Å². The van der Waals surface area contributed by atoms with Gasteiger partial charge in [-0.25, -0.2) is 13.1 Å². The molecule has 0 aromatic carbocycles. The molecule has 21 heavy (non-hydrogen) atoms. The molecule has 1 atom stereocenters. The molecule has 5 nitrogen and oxygen atoms in total. The molecule has 1 aliphatic carbocycles. The number of rotatable bonds is 5. The van der Waals surface area contributed by atoms with E-state index < -0.39 is 10.0 Å². The molecule has 2 aromatic rings. The summed E-state index contributed by atoms with van der Waals surface area (Å²) in [6.07, 6.45) is 5.47. The summed E-state index contributed by atoms with van der Waals surface area (Å²) in [5.41, 5.74) is 0.904. The minimum absolute atomic E-state index is 0.217. The number of nitrogens with one attached hydrogen (secondary N) is 1. The average Bonchev–Trinajstić information content (AvgIpc) is 3.22. The zero-order valence-electron chi connectivity index (χ0n) is 12.0. The summed E-state index contributed by atoms with van der Waals surface area (Å²) in [5, 5.41) is 0. The van der Waals surface area contributed by atoms with Crippen molar-refractivity contribution >= 4 is 10.0 Å². The van der Waals surface area contributed by atoms with Gasteiger partial charge in [-0.1, -0.05) is 6.07 Å². The minimum Gasteiger partial charge on any atom is -0.465 e. The van der Waals surface area contributed by atoms with Crippen molar-refractivity contribution in [2.45, 2.75) is 37.6 Å². The third kappa shape index (κ3) is 3.01. The Balaban J connectivity index is 1.91. The second-order valence-corrected chi connectivity index (χ2v) is 7.18. The molecule has 0 radical (unpaired) electrons. The molecule has 3 rings (SSSR count). The van der Waals surface area contributed by atoms with E-state index in [1.54, 1.807) is 32.3 Å². The van der Waals surface area contributed by atoms with Crippen molar-refractivity contribution in [1.82, 2.24) is 9.71 Å². The lowest BCUT2D eigenvalue weighted by Gasteiger charge is -2.18. The topological polar surface area (TPSA) is 72.2 Å². The lowest BCUT2D eigenvalue weighted by Crippen LogP contribution is -2.30. The first-order valence-corrected chi connectivity index (χ1v) is 8.45. The standard InChI is InChI=1S/C15H18N2O3S/c1-10-8-14(11(2)20-10)21(18,19)17-15(12-5-6-12)13-4-3-7-16-9-13/h3-4,7-9,12,15,17H,5-6H2,1-2H3/t15-/m0/s1. The van der Waals surface area contributed by atoms with E-state index in [1.807, 2.05) is 12.1 Å². The Morgan fingerprint density at radius 2 is 2.14 bits per heavy atom. The molecular weight excluding hydrogens is 288 g/mol. The molecule has 0 spiro atoms. The second-order valence-electron chi connectivity index (χ2n) is 5.50. The van der Waals surface area contributed by atoms with Gasteiger partial charge >= 0.3 is 0 Å². The number of aryl methyl sites for hydroxylation is 2. The summed E-state index contributed by atoms with van der Waals surface area (Å²) in [5.74, 6) is 1.36. The minimum atomic E-state index is -3.59. The van der Waals surface area contributed by atoms with Crippen LogP contribution >= 0.6 is 0 Å². The molecule has 0 unspecified atom stereocenters. The first kappa shape index (κ1) is 14.3. The van der Waals surface area contributed by atoms with Gasteiger partial charge in [0.2, 0.25) is 10.0 Å².